The number of H-pyrrole nitrogens is 1. The average Bonchev–Trinajstić information content (AvgIpc) is 3.23. The molecule has 0 saturated carbocycles. The molecule has 0 bridgehead atoms. The Morgan fingerprint density at radius 1 is 1.23 bits per heavy atom. The second-order valence-corrected chi connectivity index (χ2v) is 6.94. The molecule has 1 saturated heterocycles. The van der Waals surface area contributed by atoms with Gasteiger partial charge in [-0.05, 0) is 37.1 Å². The lowest BCUT2D eigenvalue weighted by Gasteiger charge is -2.32. The molecule has 1 amide bonds. The summed E-state index contributed by atoms with van der Waals surface area (Å²) in [6, 6.07) is 9.47. The van der Waals surface area contributed by atoms with E-state index in [0.717, 1.165) is 38.0 Å². The molecular formula is C19H23N5O2. The van der Waals surface area contributed by atoms with Gasteiger partial charge < -0.3 is 10.7 Å². The Morgan fingerprint density at radius 3 is 2.65 bits per heavy atom. The smallest absolute Gasteiger partial charge is 0.275 e. The molecule has 0 aliphatic carbocycles. The lowest BCUT2D eigenvalue weighted by Crippen LogP contribution is -2.38. The fourth-order valence-electron chi connectivity index (χ4n) is 4.05. The molecule has 1 aliphatic heterocycles. The van der Waals surface area contributed by atoms with Crippen molar-refractivity contribution in [2.24, 2.45) is 12.8 Å². The summed E-state index contributed by atoms with van der Waals surface area (Å²) in [5.74, 6) is -0.564. The van der Waals surface area contributed by atoms with Gasteiger partial charge in [0.15, 0.2) is 0 Å². The van der Waals surface area contributed by atoms with Gasteiger partial charge in [-0.1, -0.05) is 6.07 Å². The Kier molecular flexibility index (Phi) is 4.16. The molecule has 1 aromatic carbocycles. The monoisotopic (exact) mass is 353 g/mol. The van der Waals surface area contributed by atoms with Crippen LogP contribution in [0.15, 0.2) is 41.3 Å². The number of aromatic nitrogens is 3. The van der Waals surface area contributed by atoms with Gasteiger partial charge in [0.05, 0.1) is 22.5 Å². The molecule has 3 N–H and O–H groups in total. The summed E-state index contributed by atoms with van der Waals surface area (Å²) in [6.07, 6.45) is 3.74. The molecule has 0 atom stereocenters. The van der Waals surface area contributed by atoms with E-state index >= 15 is 0 Å². The molecule has 7 heteroatoms. The fraction of sp³-hybridized carbons (Fsp3) is 0.368. The maximum absolute atomic E-state index is 13.0. The van der Waals surface area contributed by atoms with Crippen molar-refractivity contribution in [1.82, 2.24) is 19.2 Å². The number of aromatic amines is 1. The van der Waals surface area contributed by atoms with Crippen molar-refractivity contribution in [2.75, 3.05) is 13.1 Å². The lowest BCUT2D eigenvalue weighted by molar-refractivity contribution is 0.100. The SMILES string of the molecule is Cn1c2cccc(C(N)=O)c2c(=O)n1C1CCN(Cc2ccc[nH]2)CC1. The van der Waals surface area contributed by atoms with E-state index in [0.29, 0.717) is 10.9 Å². The molecule has 1 fully saturated rings. The summed E-state index contributed by atoms with van der Waals surface area (Å²) >= 11 is 0. The van der Waals surface area contributed by atoms with Crippen molar-refractivity contribution >= 4 is 16.8 Å². The number of aryl methyl sites for hydroxylation is 1. The minimum Gasteiger partial charge on any atom is -0.366 e. The highest BCUT2D eigenvalue weighted by Gasteiger charge is 2.26. The number of piperidine rings is 1. The number of nitrogens with zero attached hydrogens (tertiary/aromatic N) is 3. The fourth-order valence-corrected chi connectivity index (χ4v) is 4.05. The van der Waals surface area contributed by atoms with E-state index < -0.39 is 5.91 Å². The van der Waals surface area contributed by atoms with Crippen molar-refractivity contribution in [3.63, 3.8) is 0 Å². The largest absolute Gasteiger partial charge is 0.366 e. The van der Waals surface area contributed by atoms with E-state index in [1.165, 1.54) is 5.69 Å². The average molecular weight is 353 g/mol. The summed E-state index contributed by atoms with van der Waals surface area (Å²) < 4.78 is 3.67. The number of likely N-dealkylation sites (tertiary alicyclic amines) is 1. The summed E-state index contributed by atoms with van der Waals surface area (Å²) in [5.41, 5.74) is 7.59. The number of amides is 1. The van der Waals surface area contributed by atoms with Crippen LogP contribution < -0.4 is 11.3 Å². The predicted octanol–water partition coefficient (Wildman–Crippen LogP) is 1.60. The second-order valence-electron chi connectivity index (χ2n) is 6.94. The first kappa shape index (κ1) is 16.7. The van der Waals surface area contributed by atoms with Gasteiger partial charge in [-0.15, -0.1) is 0 Å². The quantitative estimate of drug-likeness (QED) is 0.747. The van der Waals surface area contributed by atoms with Crippen LogP contribution in [0.2, 0.25) is 0 Å². The Hall–Kier alpha value is -2.80. The zero-order valence-corrected chi connectivity index (χ0v) is 14.8. The van der Waals surface area contributed by atoms with Gasteiger partial charge in [-0.25, -0.2) is 4.68 Å². The second kappa shape index (κ2) is 6.49. The number of rotatable bonds is 4. The van der Waals surface area contributed by atoms with Crippen LogP contribution in [0.4, 0.5) is 0 Å². The van der Waals surface area contributed by atoms with Crippen molar-refractivity contribution in [3.05, 3.63) is 58.1 Å². The molecular weight excluding hydrogens is 330 g/mol. The maximum Gasteiger partial charge on any atom is 0.275 e. The summed E-state index contributed by atoms with van der Waals surface area (Å²) in [5, 5.41) is 0.427. The highest BCUT2D eigenvalue weighted by molar-refractivity contribution is 6.05. The van der Waals surface area contributed by atoms with Crippen molar-refractivity contribution in [3.8, 4) is 0 Å². The number of primary amides is 1. The lowest BCUT2D eigenvalue weighted by atomic mass is 10.0. The molecule has 2 aromatic heterocycles. The van der Waals surface area contributed by atoms with Gasteiger partial charge in [0.25, 0.3) is 5.56 Å². The van der Waals surface area contributed by atoms with Crippen molar-refractivity contribution in [2.45, 2.75) is 25.4 Å². The number of hydrogen-bond acceptors (Lipinski definition) is 3. The first-order valence-corrected chi connectivity index (χ1v) is 8.91. The van der Waals surface area contributed by atoms with E-state index in [-0.39, 0.29) is 11.6 Å². The molecule has 3 heterocycles. The number of carbonyl (C=O) groups excluding carboxylic acids is 1. The number of carbonyl (C=O) groups is 1. The third kappa shape index (κ3) is 2.74. The first-order valence-electron chi connectivity index (χ1n) is 8.91. The third-order valence-corrected chi connectivity index (χ3v) is 5.36. The normalized spacial score (nSPS) is 16.3. The van der Waals surface area contributed by atoms with Gasteiger partial charge in [0, 0.05) is 38.6 Å². The number of benzene rings is 1. The van der Waals surface area contributed by atoms with Crippen LogP contribution in [0.25, 0.3) is 10.9 Å². The molecule has 0 unspecified atom stereocenters. The van der Waals surface area contributed by atoms with Crippen LogP contribution in [-0.2, 0) is 13.6 Å². The predicted molar refractivity (Wildman–Crippen MR) is 100 cm³/mol. The van der Waals surface area contributed by atoms with E-state index in [1.54, 1.807) is 16.8 Å². The van der Waals surface area contributed by atoms with Gasteiger partial charge >= 0.3 is 0 Å². The molecule has 7 nitrogen and oxygen atoms in total. The molecule has 1 aliphatic rings. The van der Waals surface area contributed by atoms with Gasteiger partial charge in [0.2, 0.25) is 5.91 Å². The van der Waals surface area contributed by atoms with E-state index in [1.807, 2.05) is 30.1 Å². The van der Waals surface area contributed by atoms with Crippen LogP contribution in [0.1, 0.15) is 34.9 Å². The Morgan fingerprint density at radius 2 is 2.00 bits per heavy atom. The molecule has 26 heavy (non-hydrogen) atoms. The first-order chi connectivity index (χ1) is 12.6. The van der Waals surface area contributed by atoms with E-state index in [4.69, 9.17) is 5.73 Å². The number of nitrogens with two attached hydrogens (primary N) is 1. The van der Waals surface area contributed by atoms with E-state index in [9.17, 15) is 9.59 Å². The van der Waals surface area contributed by atoms with Gasteiger partial charge in [-0.3, -0.25) is 19.2 Å². The van der Waals surface area contributed by atoms with Crippen LogP contribution >= 0.6 is 0 Å². The third-order valence-electron chi connectivity index (χ3n) is 5.36. The zero-order chi connectivity index (χ0) is 18.3. The Bertz CT molecular complexity index is 991. The van der Waals surface area contributed by atoms with Crippen LogP contribution in [0.5, 0.6) is 0 Å². The summed E-state index contributed by atoms with van der Waals surface area (Å²) in [6.45, 7) is 2.76. The number of hydrogen-bond donors (Lipinski definition) is 2. The molecule has 136 valence electrons. The van der Waals surface area contributed by atoms with Gasteiger partial charge in [0.1, 0.15) is 0 Å². The van der Waals surface area contributed by atoms with Crippen LogP contribution in [0, 0.1) is 0 Å². The van der Waals surface area contributed by atoms with Crippen molar-refractivity contribution in [1.29, 1.82) is 0 Å². The van der Waals surface area contributed by atoms with Gasteiger partial charge in [-0.2, -0.15) is 0 Å². The Balaban J connectivity index is 1.61. The Labute approximate surface area is 151 Å². The highest BCUT2D eigenvalue weighted by Crippen LogP contribution is 2.25. The molecule has 0 radical (unpaired) electrons. The zero-order valence-electron chi connectivity index (χ0n) is 14.8. The molecule has 4 rings (SSSR count). The van der Waals surface area contributed by atoms with Crippen LogP contribution in [-0.4, -0.2) is 38.2 Å². The van der Waals surface area contributed by atoms with Crippen LogP contribution in [0.3, 0.4) is 0 Å². The highest BCUT2D eigenvalue weighted by atomic mass is 16.1. The molecule has 0 spiro atoms. The summed E-state index contributed by atoms with van der Waals surface area (Å²) in [4.78, 5) is 30.4. The standard InChI is InChI=1S/C19H23N5O2/c1-22-16-6-2-5-15(18(20)25)17(16)19(26)24(22)14-7-10-23(11-8-14)12-13-4-3-9-21-13/h2-6,9,14,21H,7-8,10-12H2,1H3,(H2,20,25). The maximum atomic E-state index is 13.0. The minimum atomic E-state index is -0.564. The minimum absolute atomic E-state index is 0.125. The molecule has 3 aromatic rings. The topological polar surface area (TPSA) is 89.1 Å². The van der Waals surface area contributed by atoms with Crippen molar-refractivity contribution < 1.29 is 4.79 Å². The van der Waals surface area contributed by atoms with E-state index in [2.05, 4.69) is 16.0 Å². The summed E-state index contributed by atoms with van der Waals surface area (Å²) in [7, 11) is 1.87. The number of fused-ring (bicyclic) bond motifs is 1. The number of nitrogens with one attached hydrogen (secondary N) is 1.